The van der Waals surface area contributed by atoms with E-state index in [4.69, 9.17) is 4.74 Å². The summed E-state index contributed by atoms with van der Waals surface area (Å²) in [6.07, 6.45) is 0.419. The molecule has 1 aliphatic heterocycles. The average molecular weight is 144 g/mol. The number of aliphatic hydroxyl groups is 1. The Morgan fingerprint density at radius 1 is 1.30 bits per heavy atom. The van der Waals surface area contributed by atoms with Gasteiger partial charge in [-0.2, -0.15) is 0 Å². The second-order valence-electron chi connectivity index (χ2n) is 4.19. The Labute approximate surface area is 62.2 Å². The molecule has 0 aromatic heterocycles. The van der Waals surface area contributed by atoms with E-state index < -0.39 is 0 Å². The van der Waals surface area contributed by atoms with E-state index in [1.54, 1.807) is 0 Å². The fourth-order valence-electron chi connectivity index (χ4n) is 1.53. The van der Waals surface area contributed by atoms with E-state index in [1.807, 2.05) is 27.7 Å². The molecule has 1 unspecified atom stereocenters. The molecule has 2 heteroatoms. The summed E-state index contributed by atoms with van der Waals surface area (Å²) in [5.41, 5.74) is -0.508. The Kier molecular flexibility index (Phi) is 1.57. The van der Waals surface area contributed by atoms with Gasteiger partial charge in [-0.05, 0) is 27.7 Å². The van der Waals surface area contributed by atoms with Crippen molar-refractivity contribution in [2.75, 3.05) is 0 Å². The van der Waals surface area contributed by atoms with Gasteiger partial charge in [-0.25, -0.2) is 0 Å². The minimum Gasteiger partial charge on any atom is -0.390 e. The minimum absolute atomic E-state index is 0.150. The molecule has 0 bridgehead atoms. The van der Waals surface area contributed by atoms with E-state index in [1.165, 1.54) is 0 Å². The van der Waals surface area contributed by atoms with Crippen molar-refractivity contribution < 1.29 is 9.84 Å². The fraction of sp³-hybridized carbons (Fsp3) is 1.00. The summed E-state index contributed by atoms with van der Waals surface area (Å²) < 4.78 is 5.60. The second-order valence-corrected chi connectivity index (χ2v) is 4.19. The van der Waals surface area contributed by atoms with Crippen LogP contribution >= 0.6 is 0 Å². The van der Waals surface area contributed by atoms with Crippen LogP contribution in [0.3, 0.4) is 0 Å². The molecule has 0 spiro atoms. The first-order valence-corrected chi connectivity index (χ1v) is 3.72. The molecule has 1 rings (SSSR count). The predicted molar refractivity (Wildman–Crippen MR) is 39.9 cm³/mol. The summed E-state index contributed by atoms with van der Waals surface area (Å²) >= 11 is 0. The summed E-state index contributed by atoms with van der Waals surface area (Å²) in [7, 11) is 0. The molecule has 0 aromatic rings. The molecule has 1 atom stereocenters. The van der Waals surface area contributed by atoms with Crippen molar-refractivity contribution in [2.45, 2.75) is 51.4 Å². The summed E-state index contributed by atoms with van der Waals surface area (Å²) in [5.74, 6) is 0. The Hall–Kier alpha value is -0.0800. The van der Waals surface area contributed by atoms with Crippen molar-refractivity contribution in [1.29, 1.82) is 0 Å². The van der Waals surface area contributed by atoms with E-state index in [-0.39, 0.29) is 17.3 Å². The van der Waals surface area contributed by atoms with E-state index in [2.05, 4.69) is 0 Å². The fourth-order valence-corrected chi connectivity index (χ4v) is 1.53. The van der Waals surface area contributed by atoms with Crippen molar-refractivity contribution in [2.24, 2.45) is 0 Å². The van der Waals surface area contributed by atoms with Crippen LogP contribution in [-0.4, -0.2) is 22.4 Å². The molecule has 1 aliphatic rings. The maximum atomic E-state index is 9.47. The van der Waals surface area contributed by atoms with Gasteiger partial charge in [-0.3, -0.25) is 0 Å². The lowest BCUT2D eigenvalue weighted by Crippen LogP contribution is -2.32. The zero-order chi connectivity index (χ0) is 7.99. The van der Waals surface area contributed by atoms with Gasteiger partial charge >= 0.3 is 0 Å². The van der Waals surface area contributed by atoms with Crippen molar-refractivity contribution in [1.82, 2.24) is 0 Å². The summed E-state index contributed by atoms with van der Waals surface area (Å²) in [5, 5.41) is 9.47. The van der Waals surface area contributed by atoms with E-state index in [0.29, 0.717) is 0 Å². The highest BCUT2D eigenvalue weighted by atomic mass is 16.5. The van der Waals surface area contributed by atoms with Gasteiger partial charge < -0.3 is 9.84 Å². The summed E-state index contributed by atoms with van der Waals surface area (Å²) in [6.45, 7) is 7.86. The summed E-state index contributed by atoms with van der Waals surface area (Å²) in [4.78, 5) is 0. The molecular formula is C8H16O2. The molecule has 0 amide bonds. The topological polar surface area (TPSA) is 29.5 Å². The SMILES string of the molecule is CC1(C)CC(O)C(C)(C)O1. The number of hydrogen-bond donors (Lipinski definition) is 1. The Balaban J connectivity index is 2.71. The lowest BCUT2D eigenvalue weighted by Gasteiger charge is -2.24. The third-order valence-corrected chi connectivity index (χ3v) is 2.03. The maximum Gasteiger partial charge on any atom is 0.0892 e. The van der Waals surface area contributed by atoms with Crippen LogP contribution in [0.4, 0.5) is 0 Å². The number of ether oxygens (including phenoxy) is 1. The summed E-state index contributed by atoms with van der Waals surface area (Å²) in [6, 6.07) is 0. The van der Waals surface area contributed by atoms with E-state index >= 15 is 0 Å². The van der Waals surface area contributed by atoms with Gasteiger partial charge in [-0.1, -0.05) is 0 Å². The van der Waals surface area contributed by atoms with Gasteiger partial charge in [0, 0.05) is 6.42 Å². The van der Waals surface area contributed by atoms with Crippen molar-refractivity contribution in [3.8, 4) is 0 Å². The smallest absolute Gasteiger partial charge is 0.0892 e. The van der Waals surface area contributed by atoms with Gasteiger partial charge in [0.05, 0.1) is 17.3 Å². The van der Waals surface area contributed by atoms with Crippen LogP contribution in [0.15, 0.2) is 0 Å². The highest BCUT2D eigenvalue weighted by Gasteiger charge is 2.44. The van der Waals surface area contributed by atoms with Crippen LogP contribution in [-0.2, 0) is 4.74 Å². The Morgan fingerprint density at radius 3 is 1.90 bits per heavy atom. The van der Waals surface area contributed by atoms with Crippen LogP contribution in [0, 0.1) is 0 Å². The van der Waals surface area contributed by atoms with Gasteiger partial charge in [0.2, 0.25) is 0 Å². The van der Waals surface area contributed by atoms with E-state index in [0.717, 1.165) is 6.42 Å². The van der Waals surface area contributed by atoms with Crippen LogP contribution in [0.2, 0.25) is 0 Å². The van der Waals surface area contributed by atoms with Crippen LogP contribution in [0.1, 0.15) is 34.1 Å². The quantitative estimate of drug-likeness (QED) is 0.555. The molecule has 1 fully saturated rings. The third kappa shape index (κ3) is 1.32. The maximum absolute atomic E-state index is 9.47. The molecule has 10 heavy (non-hydrogen) atoms. The Bertz CT molecular complexity index is 138. The third-order valence-electron chi connectivity index (χ3n) is 2.03. The first-order chi connectivity index (χ1) is 4.33. The highest BCUT2D eigenvalue weighted by Crippen LogP contribution is 2.36. The zero-order valence-corrected chi connectivity index (χ0v) is 7.14. The standard InChI is InChI=1S/C8H16O2/c1-7(2)5-6(9)8(3,4)10-7/h6,9H,5H2,1-4H3. The Morgan fingerprint density at radius 2 is 1.80 bits per heavy atom. The van der Waals surface area contributed by atoms with Gasteiger partial charge in [0.1, 0.15) is 0 Å². The minimum atomic E-state index is -0.358. The predicted octanol–water partition coefficient (Wildman–Crippen LogP) is 1.32. The zero-order valence-electron chi connectivity index (χ0n) is 7.14. The molecule has 2 nitrogen and oxygen atoms in total. The van der Waals surface area contributed by atoms with E-state index in [9.17, 15) is 5.11 Å². The number of hydrogen-bond acceptors (Lipinski definition) is 2. The molecule has 1 saturated heterocycles. The monoisotopic (exact) mass is 144 g/mol. The van der Waals surface area contributed by atoms with Crippen molar-refractivity contribution >= 4 is 0 Å². The molecule has 0 radical (unpaired) electrons. The highest BCUT2D eigenvalue weighted by molar-refractivity contribution is 4.94. The number of aliphatic hydroxyl groups excluding tert-OH is 1. The number of rotatable bonds is 0. The lowest BCUT2D eigenvalue weighted by atomic mass is 9.98. The van der Waals surface area contributed by atoms with Crippen LogP contribution < -0.4 is 0 Å². The first kappa shape index (κ1) is 8.02. The van der Waals surface area contributed by atoms with Gasteiger partial charge in [0.25, 0.3) is 0 Å². The largest absolute Gasteiger partial charge is 0.390 e. The van der Waals surface area contributed by atoms with Crippen molar-refractivity contribution in [3.63, 3.8) is 0 Å². The van der Waals surface area contributed by atoms with Crippen LogP contribution in [0.5, 0.6) is 0 Å². The second kappa shape index (κ2) is 1.95. The molecule has 60 valence electrons. The molecule has 0 aliphatic carbocycles. The average Bonchev–Trinajstić information content (AvgIpc) is 1.73. The molecule has 0 saturated carbocycles. The first-order valence-electron chi connectivity index (χ1n) is 3.72. The molecular weight excluding hydrogens is 128 g/mol. The molecule has 1 heterocycles. The molecule has 1 N–H and O–H groups in total. The van der Waals surface area contributed by atoms with Gasteiger partial charge in [-0.15, -0.1) is 0 Å². The van der Waals surface area contributed by atoms with Crippen LogP contribution in [0.25, 0.3) is 0 Å². The normalized spacial score (nSPS) is 36.3. The van der Waals surface area contributed by atoms with Gasteiger partial charge in [0.15, 0.2) is 0 Å². The lowest BCUT2D eigenvalue weighted by molar-refractivity contribution is -0.0887. The van der Waals surface area contributed by atoms with Crippen molar-refractivity contribution in [3.05, 3.63) is 0 Å². The molecule has 0 aromatic carbocycles.